The van der Waals surface area contributed by atoms with Crippen molar-refractivity contribution in [1.29, 1.82) is 0 Å². The summed E-state index contributed by atoms with van der Waals surface area (Å²) in [6.07, 6.45) is 9.03. The third-order valence-electron chi connectivity index (χ3n) is 2.56. The molecule has 0 amide bonds. The van der Waals surface area contributed by atoms with Gasteiger partial charge in [0.15, 0.2) is 6.29 Å². The summed E-state index contributed by atoms with van der Waals surface area (Å²) in [6, 6.07) is 0. The van der Waals surface area contributed by atoms with E-state index in [-0.39, 0.29) is 6.29 Å². The summed E-state index contributed by atoms with van der Waals surface area (Å²) in [6.45, 7) is 0.829. The van der Waals surface area contributed by atoms with E-state index in [9.17, 15) is 0 Å². The van der Waals surface area contributed by atoms with Crippen molar-refractivity contribution in [3.8, 4) is 0 Å². The van der Waals surface area contributed by atoms with Crippen LogP contribution in [0.1, 0.15) is 32.1 Å². The lowest BCUT2D eigenvalue weighted by atomic mass is 9.88. The number of ether oxygens (including phenoxy) is 2. The van der Waals surface area contributed by atoms with Gasteiger partial charge in [-0.1, -0.05) is 6.08 Å². The van der Waals surface area contributed by atoms with Gasteiger partial charge in [-0.3, -0.25) is 0 Å². The summed E-state index contributed by atoms with van der Waals surface area (Å²) >= 11 is 0. The van der Waals surface area contributed by atoms with Gasteiger partial charge in [0, 0.05) is 12.8 Å². The molecule has 0 aromatic rings. The summed E-state index contributed by atoms with van der Waals surface area (Å²) in [5.41, 5.74) is 0.932. The monoisotopic (exact) mass is 190 g/mol. The zero-order valence-corrected chi connectivity index (χ0v) is 8.37. The maximum Gasteiger partial charge on any atom is 0.199 e. The fourth-order valence-electron chi connectivity index (χ4n) is 1.71. The molecule has 0 N–H and O–H groups in total. The summed E-state index contributed by atoms with van der Waals surface area (Å²) in [4.78, 5) is 0. The van der Waals surface area contributed by atoms with E-state index in [1.165, 1.54) is 6.42 Å². The van der Waals surface area contributed by atoms with Crippen LogP contribution in [0.5, 0.6) is 0 Å². The third-order valence-corrected chi connectivity index (χ3v) is 2.56. The fourth-order valence-corrected chi connectivity index (χ4v) is 1.71. The van der Waals surface area contributed by atoms with E-state index in [1.807, 2.05) is 12.2 Å². The van der Waals surface area contributed by atoms with Gasteiger partial charge >= 0.3 is 0 Å². The minimum Gasteiger partial charge on any atom is -0.469 e. The molecule has 3 heteroatoms. The van der Waals surface area contributed by atoms with Crippen LogP contribution in [-0.4, -0.2) is 20.7 Å². The van der Waals surface area contributed by atoms with Crippen molar-refractivity contribution in [3.63, 3.8) is 0 Å². The van der Waals surface area contributed by atoms with Crippen LogP contribution >= 0.6 is 0 Å². The van der Waals surface area contributed by atoms with Crippen LogP contribution in [0, 0.1) is 0 Å². The van der Waals surface area contributed by atoms with Crippen LogP contribution < -0.4 is 0 Å². The van der Waals surface area contributed by atoms with Gasteiger partial charge in [0.1, 0.15) is 7.85 Å². The molecule has 0 bridgehead atoms. The SMILES string of the molecule is [B]C1=CC=C(OC2CCCCO2)CC1. The second kappa shape index (κ2) is 4.69. The van der Waals surface area contributed by atoms with Crippen molar-refractivity contribution in [2.24, 2.45) is 0 Å². The van der Waals surface area contributed by atoms with E-state index >= 15 is 0 Å². The lowest BCUT2D eigenvalue weighted by molar-refractivity contribution is -0.140. The molecule has 0 aromatic heterocycles. The highest BCUT2D eigenvalue weighted by atomic mass is 16.7. The predicted molar refractivity (Wildman–Crippen MR) is 55.8 cm³/mol. The standard InChI is InChI=1S/C11H15BO2/c12-9-4-6-10(7-5-9)14-11-3-1-2-8-13-11/h4,6,11H,1-3,5,7-8H2. The first-order valence-corrected chi connectivity index (χ1v) is 5.28. The van der Waals surface area contributed by atoms with Gasteiger partial charge in [0.2, 0.25) is 0 Å². The molecular weight excluding hydrogens is 175 g/mol. The first kappa shape index (κ1) is 9.84. The smallest absolute Gasteiger partial charge is 0.199 e. The predicted octanol–water partition coefficient (Wildman–Crippen LogP) is 2.26. The van der Waals surface area contributed by atoms with Crippen molar-refractivity contribution in [2.75, 3.05) is 6.61 Å². The molecule has 1 unspecified atom stereocenters. The van der Waals surface area contributed by atoms with Gasteiger partial charge in [0.25, 0.3) is 0 Å². The van der Waals surface area contributed by atoms with Crippen molar-refractivity contribution in [2.45, 2.75) is 38.4 Å². The Balaban J connectivity index is 1.84. The van der Waals surface area contributed by atoms with Crippen LogP contribution in [0.4, 0.5) is 0 Å². The van der Waals surface area contributed by atoms with Gasteiger partial charge in [-0.05, 0) is 25.3 Å². The molecule has 2 aliphatic rings. The molecular formula is C11H15BO2. The van der Waals surface area contributed by atoms with Crippen LogP contribution in [0.25, 0.3) is 0 Å². The lowest BCUT2D eigenvalue weighted by Gasteiger charge is -2.25. The Labute approximate surface area is 86.4 Å². The first-order valence-electron chi connectivity index (χ1n) is 5.28. The first-order chi connectivity index (χ1) is 6.84. The summed E-state index contributed by atoms with van der Waals surface area (Å²) in [5.74, 6) is 1.01. The Bertz CT molecular complexity index is 252. The van der Waals surface area contributed by atoms with Gasteiger partial charge in [0.05, 0.1) is 12.4 Å². The molecule has 2 rings (SSSR count). The average molecular weight is 190 g/mol. The average Bonchev–Trinajstić information content (AvgIpc) is 2.23. The molecule has 2 radical (unpaired) electrons. The highest BCUT2D eigenvalue weighted by molar-refractivity contribution is 6.21. The molecule has 1 aliphatic heterocycles. The molecule has 0 spiro atoms. The Morgan fingerprint density at radius 3 is 2.86 bits per heavy atom. The molecule has 14 heavy (non-hydrogen) atoms. The van der Waals surface area contributed by atoms with E-state index in [2.05, 4.69) is 0 Å². The topological polar surface area (TPSA) is 18.5 Å². The van der Waals surface area contributed by atoms with Crippen molar-refractivity contribution < 1.29 is 9.47 Å². The molecule has 1 heterocycles. The molecule has 1 saturated heterocycles. The highest BCUT2D eigenvalue weighted by Crippen LogP contribution is 2.22. The molecule has 74 valence electrons. The van der Waals surface area contributed by atoms with Crippen molar-refractivity contribution in [1.82, 2.24) is 0 Å². The molecule has 1 fully saturated rings. The fraction of sp³-hybridized carbons (Fsp3) is 0.636. The van der Waals surface area contributed by atoms with E-state index in [0.29, 0.717) is 0 Å². The summed E-state index contributed by atoms with van der Waals surface area (Å²) in [5, 5.41) is 0. The Morgan fingerprint density at radius 1 is 1.29 bits per heavy atom. The number of allylic oxidation sites excluding steroid dienone is 4. The van der Waals surface area contributed by atoms with E-state index in [0.717, 1.165) is 43.5 Å². The van der Waals surface area contributed by atoms with Crippen LogP contribution in [0.2, 0.25) is 0 Å². The van der Waals surface area contributed by atoms with E-state index < -0.39 is 0 Å². The Morgan fingerprint density at radius 2 is 2.21 bits per heavy atom. The molecule has 0 saturated carbocycles. The number of hydrogen-bond acceptors (Lipinski definition) is 2. The zero-order chi connectivity index (χ0) is 9.80. The van der Waals surface area contributed by atoms with Gasteiger partial charge < -0.3 is 9.47 Å². The van der Waals surface area contributed by atoms with Crippen molar-refractivity contribution in [3.05, 3.63) is 23.4 Å². The summed E-state index contributed by atoms with van der Waals surface area (Å²) in [7, 11) is 5.66. The maximum atomic E-state index is 5.72. The molecule has 0 aromatic carbocycles. The highest BCUT2D eigenvalue weighted by Gasteiger charge is 2.16. The van der Waals surface area contributed by atoms with E-state index in [1.54, 1.807) is 0 Å². The Hall–Kier alpha value is -0.695. The van der Waals surface area contributed by atoms with Gasteiger partial charge in [-0.25, -0.2) is 0 Å². The second-order valence-electron chi connectivity index (χ2n) is 3.79. The molecule has 1 atom stereocenters. The van der Waals surface area contributed by atoms with Crippen molar-refractivity contribution >= 4 is 7.85 Å². The maximum absolute atomic E-state index is 5.72. The largest absolute Gasteiger partial charge is 0.469 e. The van der Waals surface area contributed by atoms with Gasteiger partial charge in [-0.15, -0.1) is 5.47 Å². The normalized spacial score (nSPS) is 27.9. The molecule has 1 aliphatic carbocycles. The molecule has 2 nitrogen and oxygen atoms in total. The van der Waals surface area contributed by atoms with Crippen LogP contribution in [0.3, 0.4) is 0 Å². The van der Waals surface area contributed by atoms with Gasteiger partial charge in [-0.2, -0.15) is 0 Å². The van der Waals surface area contributed by atoms with E-state index in [4.69, 9.17) is 17.3 Å². The summed E-state index contributed by atoms with van der Waals surface area (Å²) < 4.78 is 11.2. The Kier molecular flexibility index (Phi) is 3.30. The van der Waals surface area contributed by atoms with Crippen LogP contribution in [0.15, 0.2) is 23.4 Å². The zero-order valence-electron chi connectivity index (χ0n) is 8.37. The minimum atomic E-state index is -0.0253. The third kappa shape index (κ3) is 2.64. The second-order valence-corrected chi connectivity index (χ2v) is 3.79. The lowest BCUT2D eigenvalue weighted by Crippen LogP contribution is -2.22. The quantitative estimate of drug-likeness (QED) is 0.621. The minimum absolute atomic E-state index is 0.0253. The number of hydrogen-bond donors (Lipinski definition) is 0. The number of rotatable bonds is 2. The van der Waals surface area contributed by atoms with Crippen LogP contribution in [-0.2, 0) is 9.47 Å².